The van der Waals surface area contributed by atoms with Gasteiger partial charge in [-0.3, -0.25) is 4.79 Å². The second kappa shape index (κ2) is 7.21. The quantitative estimate of drug-likeness (QED) is 0.419. The Balaban J connectivity index is 1.61. The van der Waals surface area contributed by atoms with Gasteiger partial charge in [0.05, 0.1) is 12.2 Å². The van der Waals surface area contributed by atoms with E-state index in [1.54, 1.807) is 5.57 Å². The summed E-state index contributed by atoms with van der Waals surface area (Å²) >= 11 is 0. The highest BCUT2D eigenvalue weighted by molar-refractivity contribution is 5.83. The summed E-state index contributed by atoms with van der Waals surface area (Å²) in [5.41, 5.74) is 1.74. The molecule has 0 bridgehead atoms. The monoisotopic (exact) mass is 470 g/mol. The zero-order chi connectivity index (χ0) is 25.1. The predicted molar refractivity (Wildman–Crippen MR) is 137 cm³/mol. The molecular weight excluding hydrogens is 420 g/mol. The van der Waals surface area contributed by atoms with E-state index >= 15 is 0 Å². The normalized spacial score (nSPS) is 53.5. The van der Waals surface area contributed by atoms with Gasteiger partial charge in [0.1, 0.15) is 5.78 Å². The van der Waals surface area contributed by atoms with Gasteiger partial charge < -0.3 is 10.2 Å². The van der Waals surface area contributed by atoms with Crippen LogP contribution >= 0.6 is 0 Å². The number of carbonyl (C=O) groups excluding carboxylic acids is 1. The number of rotatable bonds is 1. The van der Waals surface area contributed by atoms with Crippen molar-refractivity contribution in [3.8, 4) is 0 Å². The number of carbonyl (C=O) groups is 1. The summed E-state index contributed by atoms with van der Waals surface area (Å²) in [6, 6.07) is 0. The van der Waals surface area contributed by atoms with E-state index in [2.05, 4.69) is 54.5 Å². The fourth-order valence-electron chi connectivity index (χ4n) is 11.0. The number of aliphatic hydroxyl groups is 2. The van der Waals surface area contributed by atoms with Crippen LogP contribution in [0.2, 0.25) is 0 Å². The zero-order valence-corrected chi connectivity index (χ0v) is 23.1. The molecule has 0 aliphatic heterocycles. The second-order valence-corrected chi connectivity index (χ2v) is 15.5. The van der Waals surface area contributed by atoms with Crippen LogP contribution < -0.4 is 0 Å². The van der Waals surface area contributed by atoms with E-state index in [4.69, 9.17) is 0 Å². The second-order valence-electron chi connectivity index (χ2n) is 15.5. The van der Waals surface area contributed by atoms with Gasteiger partial charge in [0, 0.05) is 5.41 Å². The SMILES string of the molecule is CC(=O)[C@]12CCC(C)(C)CC1C1=CCC3[C@@]4(C)C[C@@H](O)[C@H](O)C(C)(C)C4CC[C@@]3(C)[C@]1(C)CC2. The van der Waals surface area contributed by atoms with E-state index in [9.17, 15) is 15.0 Å². The Bertz CT molecular complexity index is 916. The van der Waals surface area contributed by atoms with E-state index in [1.165, 1.54) is 6.42 Å². The third-order valence-corrected chi connectivity index (χ3v) is 13.3. The minimum absolute atomic E-state index is 0.0150. The molecule has 2 N–H and O–H groups in total. The first-order chi connectivity index (χ1) is 15.6. The fraction of sp³-hybridized carbons (Fsp3) is 0.903. The Labute approximate surface area is 208 Å². The van der Waals surface area contributed by atoms with E-state index in [1.807, 2.05) is 6.92 Å². The first-order valence-electron chi connectivity index (χ1n) is 14.1. The van der Waals surface area contributed by atoms with Gasteiger partial charge in [0.2, 0.25) is 0 Å². The Morgan fingerprint density at radius 3 is 2.18 bits per heavy atom. The topological polar surface area (TPSA) is 57.5 Å². The van der Waals surface area contributed by atoms with E-state index in [-0.39, 0.29) is 32.5 Å². The molecule has 9 atom stereocenters. The first kappa shape index (κ1) is 25.0. The highest BCUT2D eigenvalue weighted by Gasteiger charge is 2.69. The van der Waals surface area contributed by atoms with Crippen molar-refractivity contribution in [1.29, 1.82) is 0 Å². The van der Waals surface area contributed by atoms with Crippen molar-refractivity contribution < 1.29 is 15.0 Å². The van der Waals surface area contributed by atoms with Crippen molar-refractivity contribution >= 4 is 5.78 Å². The fourth-order valence-corrected chi connectivity index (χ4v) is 11.0. The molecule has 0 amide bonds. The molecule has 5 aliphatic rings. The molecule has 0 heterocycles. The molecule has 5 rings (SSSR count). The van der Waals surface area contributed by atoms with Crippen molar-refractivity contribution in [3.63, 3.8) is 0 Å². The Kier molecular flexibility index (Phi) is 5.30. The summed E-state index contributed by atoms with van der Waals surface area (Å²) in [5.74, 6) is 1.72. The highest BCUT2D eigenvalue weighted by Crippen LogP contribution is 2.75. The zero-order valence-electron chi connectivity index (χ0n) is 23.1. The van der Waals surface area contributed by atoms with Gasteiger partial charge in [0.15, 0.2) is 0 Å². The molecule has 0 aromatic rings. The van der Waals surface area contributed by atoms with Gasteiger partial charge in [-0.15, -0.1) is 0 Å². The number of hydrogen-bond acceptors (Lipinski definition) is 3. The summed E-state index contributed by atoms with van der Waals surface area (Å²) in [6.07, 6.45) is 10.8. The van der Waals surface area contributed by atoms with Gasteiger partial charge in [0.25, 0.3) is 0 Å². The summed E-state index contributed by atoms with van der Waals surface area (Å²) in [7, 11) is 0. The maximum atomic E-state index is 13.2. The van der Waals surface area contributed by atoms with Gasteiger partial charge in [-0.25, -0.2) is 0 Å². The lowest BCUT2D eigenvalue weighted by Crippen LogP contribution is -2.67. The minimum Gasteiger partial charge on any atom is -0.390 e. The van der Waals surface area contributed by atoms with Crippen LogP contribution in [0, 0.1) is 50.2 Å². The number of allylic oxidation sites excluding steroid dienone is 2. The molecule has 34 heavy (non-hydrogen) atoms. The smallest absolute Gasteiger partial charge is 0.136 e. The van der Waals surface area contributed by atoms with Crippen LogP contribution in [0.1, 0.15) is 113 Å². The Morgan fingerprint density at radius 1 is 0.882 bits per heavy atom. The van der Waals surface area contributed by atoms with Crippen LogP contribution in [-0.2, 0) is 4.79 Å². The van der Waals surface area contributed by atoms with Crippen LogP contribution in [0.3, 0.4) is 0 Å². The van der Waals surface area contributed by atoms with Crippen molar-refractivity contribution in [2.24, 2.45) is 50.2 Å². The third kappa shape index (κ3) is 2.92. The molecule has 0 saturated heterocycles. The van der Waals surface area contributed by atoms with E-state index in [0.29, 0.717) is 30.0 Å². The van der Waals surface area contributed by atoms with Gasteiger partial charge in [-0.05, 0) is 110 Å². The molecule has 5 aliphatic carbocycles. The molecule has 3 nitrogen and oxygen atoms in total. The molecule has 0 radical (unpaired) electrons. The average Bonchev–Trinajstić information content (AvgIpc) is 2.72. The number of ketones is 1. The van der Waals surface area contributed by atoms with Crippen molar-refractivity contribution in [2.45, 2.75) is 125 Å². The standard InChI is InChI=1S/C31H50O3/c1-19(32)31-15-13-26(2,3)17-21(31)20-9-10-24-28(6)18-22(33)25(34)27(4,5)23(28)11-12-30(24,8)29(20,7)14-16-31/h9,21-25,33-34H,10-18H2,1-8H3/t21?,22-,23?,24?,25+,28+,29-,30-,31-/m1/s1. The van der Waals surface area contributed by atoms with Crippen LogP contribution in [0.5, 0.6) is 0 Å². The average molecular weight is 471 g/mol. The number of Topliss-reactive ketones (excluding diaryl/α,β-unsaturated/α-hetero) is 1. The maximum absolute atomic E-state index is 13.2. The summed E-state index contributed by atoms with van der Waals surface area (Å²) in [6.45, 7) is 18.6. The lowest BCUT2D eigenvalue weighted by Gasteiger charge is -2.71. The van der Waals surface area contributed by atoms with E-state index < -0.39 is 12.2 Å². The molecule has 3 unspecified atom stereocenters. The van der Waals surface area contributed by atoms with Crippen molar-refractivity contribution in [2.75, 3.05) is 0 Å². The molecule has 0 aromatic carbocycles. The Morgan fingerprint density at radius 2 is 1.53 bits per heavy atom. The van der Waals surface area contributed by atoms with Crippen molar-refractivity contribution in [3.05, 3.63) is 11.6 Å². The van der Waals surface area contributed by atoms with Crippen LogP contribution in [0.25, 0.3) is 0 Å². The molecular formula is C31H50O3. The first-order valence-corrected chi connectivity index (χ1v) is 14.1. The molecule has 0 aromatic heterocycles. The Hall–Kier alpha value is -0.670. The van der Waals surface area contributed by atoms with Crippen LogP contribution in [0.15, 0.2) is 11.6 Å². The minimum atomic E-state index is -0.646. The molecule has 192 valence electrons. The largest absolute Gasteiger partial charge is 0.390 e. The predicted octanol–water partition coefficient (Wildman–Crippen LogP) is 6.71. The number of fused-ring (bicyclic) bond motifs is 7. The summed E-state index contributed by atoms with van der Waals surface area (Å²) in [5, 5.41) is 21.9. The molecule has 4 fully saturated rings. The maximum Gasteiger partial charge on any atom is 0.136 e. The lowest BCUT2D eigenvalue weighted by molar-refractivity contribution is -0.231. The van der Waals surface area contributed by atoms with Crippen LogP contribution in [0.4, 0.5) is 0 Å². The summed E-state index contributed by atoms with van der Waals surface area (Å²) in [4.78, 5) is 13.2. The van der Waals surface area contributed by atoms with Gasteiger partial charge in [-0.2, -0.15) is 0 Å². The summed E-state index contributed by atoms with van der Waals surface area (Å²) < 4.78 is 0. The highest BCUT2D eigenvalue weighted by atomic mass is 16.3. The lowest BCUT2D eigenvalue weighted by atomic mass is 9.33. The molecule has 3 heteroatoms. The third-order valence-electron chi connectivity index (χ3n) is 13.3. The molecule has 0 spiro atoms. The van der Waals surface area contributed by atoms with Crippen LogP contribution in [-0.4, -0.2) is 28.2 Å². The van der Waals surface area contributed by atoms with Gasteiger partial charge >= 0.3 is 0 Å². The van der Waals surface area contributed by atoms with Crippen molar-refractivity contribution in [1.82, 2.24) is 0 Å². The van der Waals surface area contributed by atoms with E-state index in [0.717, 1.165) is 44.9 Å². The van der Waals surface area contributed by atoms with Gasteiger partial charge in [-0.1, -0.05) is 60.1 Å². The number of aliphatic hydroxyl groups excluding tert-OH is 2. The number of hydrogen-bond donors (Lipinski definition) is 2. The molecule has 4 saturated carbocycles.